The topological polar surface area (TPSA) is 109 Å². The SMILES string of the molecule is Cl[CH2][Cu][CH2]Cl.c1ccc2c(c1)-c1nc-2nc2[nH]c(nc3nc(nc4[nH]c(n1)c1ccccc41)-c1ccccc1-3)c1ccccc21. The summed E-state index contributed by atoms with van der Waals surface area (Å²) in [5, 5.41) is 3.82. The van der Waals surface area contributed by atoms with Gasteiger partial charge in [0.1, 0.15) is 22.6 Å². The van der Waals surface area contributed by atoms with E-state index in [1.54, 1.807) is 15.0 Å². The van der Waals surface area contributed by atoms with E-state index in [1.165, 1.54) is 0 Å². The largest absolute Gasteiger partial charge is 0.324 e. The summed E-state index contributed by atoms with van der Waals surface area (Å²) >= 11 is 11.9. The average molecular weight is 677 g/mol. The number of rotatable bonds is 2. The number of benzene rings is 4. The van der Waals surface area contributed by atoms with Gasteiger partial charge in [0.2, 0.25) is 0 Å². The van der Waals surface area contributed by atoms with Crippen LogP contribution < -0.4 is 0 Å². The van der Waals surface area contributed by atoms with E-state index in [9.17, 15) is 0 Å². The molecule has 0 atom stereocenters. The van der Waals surface area contributed by atoms with Crippen molar-refractivity contribution < 1.29 is 15.0 Å². The van der Waals surface area contributed by atoms with Crippen LogP contribution in [0.15, 0.2) is 97.1 Å². The molecule has 4 aromatic carbocycles. The summed E-state index contributed by atoms with van der Waals surface area (Å²) in [6.07, 6.45) is 0. The van der Waals surface area contributed by atoms with Gasteiger partial charge in [0.25, 0.3) is 0 Å². The monoisotopic (exact) mass is 675 g/mol. The molecule has 45 heavy (non-hydrogen) atoms. The first kappa shape index (κ1) is 27.9. The van der Waals surface area contributed by atoms with E-state index in [0.717, 1.165) is 43.8 Å². The first-order valence-electron chi connectivity index (χ1n) is 14.0. The van der Waals surface area contributed by atoms with Crippen molar-refractivity contribution in [1.29, 1.82) is 0 Å². The van der Waals surface area contributed by atoms with Gasteiger partial charge >= 0.3 is 47.7 Å². The molecule has 5 heterocycles. The fourth-order valence-corrected chi connectivity index (χ4v) is 6.39. The summed E-state index contributed by atoms with van der Waals surface area (Å²) in [6, 6.07) is 32.2. The number of aromatic amines is 2. The molecule has 2 aliphatic rings. The van der Waals surface area contributed by atoms with Crippen LogP contribution in [0, 0.1) is 0 Å². The molecule has 11 heteroatoms. The van der Waals surface area contributed by atoms with Crippen molar-refractivity contribution in [2.75, 3.05) is 9.56 Å². The molecular weight excluding hydrogens is 655 g/mol. The zero-order chi connectivity index (χ0) is 30.3. The third-order valence-corrected chi connectivity index (χ3v) is 8.87. The van der Waals surface area contributed by atoms with Gasteiger partial charge in [-0.2, -0.15) is 0 Å². The van der Waals surface area contributed by atoms with Crippen LogP contribution >= 0.6 is 23.2 Å². The third kappa shape index (κ3) is 4.94. The summed E-state index contributed by atoms with van der Waals surface area (Å²) in [4.78, 5) is 36.8. The summed E-state index contributed by atoms with van der Waals surface area (Å²) in [5.74, 6) is 2.39. The van der Waals surface area contributed by atoms with E-state index in [-0.39, 0.29) is 0 Å². The van der Waals surface area contributed by atoms with E-state index < -0.39 is 0 Å². The fourth-order valence-electron chi connectivity index (χ4n) is 5.61. The Bertz CT molecular complexity index is 2100. The molecule has 2 aliphatic heterocycles. The van der Waals surface area contributed by atoms with Gasteiger partial charge in [0.05, 0.1) is 0 Å². The van der Waals surface area contributed by atoms with Crippen LogP contribution in [0.2, 0.25) is 0 Å². The minimum atomic E-state index is 0.590. The summed E-state index contributed by atoms with van der Waals surface area (Å²) in [6.45, 7) is 0. The first-order valence-corrected chi connectivity index (χ1v) is 16.4. The molecule has 0 radical (unpaired) electrons. The van der Waals surface area contributed by atoms with Gasteiger partial charge in [0.15, 0.2) is 23.3 Å². The van der Waals surface area contributed by atoms with Crippen LogP contribution in [-0.2, 0) is 15.0 Å². The number of hydrogen-bond donors (Lipinski definition) is 2. The second-order valence-corrected chi connectivity index (χ2v) is 12.4. The van der Waals surface area contributed by atoms with Gasteiger partial charge in [-0.1, -0.05) is 97.1 Å². The standard InChI is InChI=1S/C32H18N8.2CH2Cl.Cu/c1-2-10-18-17(9-1)25-33-26(18)38-28-21-13-5-6-14-22(21)30(35-28)40-32-24-16-8-7-15-23(24)31(36-32)39-29-20-12-4-3-11-19(20)27(34-29)37-25;2*1-2;/h1-16H,(H2,33,34,35,36,37,38,39,40);2*1H2;. The van der Waals surface area contributed by atoms with Crippen molar-refractivity contribution in [3.05, 3.63) is 97.1 Å². The molecule has 0 aliphatic carbocycles. The summed E-state index contributed by atoms with van der Waals surface area (Å²) < 4.78 is 1.18. The minimum Gasteiger partial charge on any atom is -0.324 e. The third-order valence-electron chi connectivity index (χ3n) is 7.57. The van der Waals surface area contributed by atoms with Crippen LogP contribution in [0.5, 0.6) is 0 Å². The van der Waals surface area contributed by atoms with Crippen LogP contribution in [0.25, 0.3) is 89.7 Å². The molecule has 9 rings (SSSR count). The second-order valence-electron chi connectivity index (χ2n) is 10.1. The predicted octanol–water partition coefficient (Wildman–Crippen LogP) is 8.33. The molecule has 2 N–H and O–H groups in total. The Kier molecular flexibility index (Phi) is 7.24. The van der Waals surface area contributed by atoms with Crippen LogP contribution in [0.3, 0.4) is 0 Å². The number of nitrogens with zero attached hydrogens (tertiary/aromatic N) is 6. The zero-order valence-electron chi connectivity index (χ0n) is 23.4. The molecule has 0 spiro atoms. The molecular formula is C34H22Cl2CuN8. The second kappa shape index (κ2) is 11.7. The van der Waals surface area contributed by atoms with Crippen molar-refractivity contribution in [3.63, 3.8) is 0 Å². The van der Waals surface area contributed by atoms with Crippen LogP contribution in [0.4, 0.5) is 0 Å². The molecule has 223 valence electrons. The normalized spacial score (nSPS) is 11.7. The van der Waals surface area contributed by atoms with Crippen molar-refractivity contribution in [2.45, 2.75) is 0 Å². The van der Waals surface area contributed by atoms with Gasteiger partial charge in [0, 0.05) is 43.8 Å². The van der Waals surface area contributed by atoms with Crippen molar-refractivity contribution >= 4 is 67.3 Å². The molecule has 0 fully saturated rings. The van der Waals surface area contributed by atoms with Crippen LogP contribution in [-0.4, -0.2) is 49.4 Å². The van der Waals surface area contributed by atoms with Crippen molar-refractivity contribution in [3.8, 4) is 45.6 Å². The maximum absolute atomic E-state index is 5.18. The van der Waals surface area contributed by atoms with Crippen molar-refractivity contribution in [1.82, 2.24) is 39.9 Å². The van der Waals surface area contributed by atoms with Crippen molar-refractivity contribution in [2.24, 2.45) is 0 Å². The van der Waals surface area contributed by atoms with E-state index in [2.05, 4.69) is 9.97 Å². The van der Waals surface area contributed by atoms with Gasteiger partial charge in [-0.25, -0.2) is 29.9 Å². The number of alkyl halides is 2. The van der Waals surface area contributed by atoms with E-state index in [0.29, 0.717) is 55.4 Å². The Morgan fingerprint density at radius 3 is 0.911 bits per heavy atom. The molecule has 0 saturated heterocycles. The van der Waals surface area contributed by atoms with Gasteiger partial charge in [-0.3, -0.25) is 0 Å². The van der Waals surface area contributed by atoms with E-state index in [1.807, 2.05) is 97.1 Å². The minimum absolute atomic E-state index is 0.590. The predicted molar refractivity (Wildman–Crippen MR) is 177 cm³/mol. The molecule has 0 amide bonds. The number of nitrogens with one attached hydrogen (secondary N) is 2. The Labute approximate surface area is 273 Å². The van der Waals surface area contributed by atoms with Gasteiger partial charge in [-0.15, -0.1) is 0 Å². The summed E-state index contributed by atoms with van der Waals surface area (Å²) in [5.41, 5.74) is 6.45. The quantitative estimate of drug-likeness (QED) is 0.141. The molecule has 8 nitrogen and oxygen atoms in total. The first-order chi connectivity index (χ1) is 22.2. The molecule has 3 aromatic heterocycles. The molecule has 7 aromatic rings. The number of H-pyrrole nitrogens is 2. The smallest absolute Gasteiger partial charge is 0.164 e. The van der Waals surface area contributed by atoms with Gasteiger partial charge < -0.3 is 9.97 Å². The molecule has 0 saturated carbocycles. The Balaban J connectivity index is 0.000000560. The Morgan fingerprint density at radius 1 is 0.400 bits per heavy atom. The maximum atomic E-state index is 5.18. The van der Waals surface area contributed by atoms with E-state index in [4.69, 9.17) is 53.1 Å². The van der Waals surface area contributed by atoms with Crippen LogP contribution in [0.1, 0.15) is 0 Å². The Morgan fingerprint density at radius 2 is 0.667 bits per heavy atom. The maximum Gasteiger partial charge on any atom is 0.164 e. The number of hydrogen-bond acceptors (Lipinski definition) is 6. The fraction of sp³-hybridized carbons (Fsp3) is 0.0588. The molecule has 0 unspecified atom stereocenters. The summed E-state index contributed by atoms with van der Waals surface area (Å²) in [7, 11) is 0. The average Bonchev–Trinajstić information content (AvgIpc) is 3.81. The van der Waals surface area contributed by atoms with Gasteiger partial charge in [-0.05, 0) is 0 Å². The Hall–Kier alpha value is -4.66. The number of halogens is 2. The number of aromatic nitrogens is 8. The van der Waals surface area contributed by atoms with E-state index >= 15 is 0 Å². The number of fused-ring (bicyclic) bond motifs is 20. The molecule has 8 bridgehead atoms. The zero-order valence-corrected chi connectivity index (χ0v) is 25.8.